The molecule has 0 aliphatic heterocycles. The maximum Gasteiger partial charge on any atom is 0.318 e. The molecule has 0 amide bonds. The van der Waals surface area contributed by atoms with Crippen LogP contribution in [0.1, 0.15) is 39.5 Å². The number of rotatable bonds is 7. The second kappa shape index (κ2) is 8.52. The maximum atomic E-state index is 11.8. The van der Waals surface area contributed by atoms with Crippen molar-refractivity contribution in [1.82, 2.24) is 0 Å². The van der Waals surface area contributed by atoms with Crippen molar-refractivity contribution in [3.63, 3.8) is 0 Å². The highest BCUT2D eigenvalue weighted by atomic mass is 32.2. The lowest BCUT2D eigenvalue weighted by Gasteiger charge is -2.27. The molecule has 1 fully saturated rings. The van der Waals surface area contributed by atoms with Crippen LogP contribution >= 0.6 is 11.8 Å². The van der Waals surface area contributed by atoms with Crippen LogP contribution in [0.25, 0.3) is 0 Å². The zero-order valence-corrected chi connectivity index (χ0v) is 12.9. The van der Waals surface area contributed by atoms with Gasteiger partial charge in [0.15, 0.2) is 0 Å². The normalized spacial score (nSPS) is 25.8. The molecular weight excluding hydrogens is 280 g/mol. The van der Waals surface area contributed by atoms with Crippen molar-refractivity contribution >= 4 is 23.7 Å². The summed E-state index contributed by atoms with van der Waals surface area (Å²) in [5.41, 5.74) is 0. The Bertz CT molecular complexity index is 326. The highest BCUT2D eigenvalue weighted by Gasteiger charge is 2.24. The van der Waals surface area contributed by atoms with Gasteiger partial charge < -0.3 is 19.7 Å². The van der Waals surface area contributed by atoms with Gasteiger partial charge in [0.25, 0.3) is 0 Å². The Morgan fingerprint density at radius 1 is 1.20 bits per heavy atom. The van der Waals surface area contributed by atoms with E-state index in [-0.39, 0.29) is 12.6 Å². The summed E-state index contributed by atoms with van der Waals surface area (Å²) in [5.74, 6) is -0.790. The molecule has 5 nitrogen and oxygen atoms in total. The van der Waals surface area contributed by atoms with Gasteiger partial charge in [0, 0.05) is 11.9 Å². The first-order valence-electron chi connectivity index (χ1n) is 7.07. The van der Waals surface area contributed by atoms with Crippen LogP contribution in [0.2, 0.25) is 0 Å². The van der Waals surface area contributed by atoms with Crippen LogP contribution in [0.15, 0.2) is 0 Å². The van der Waals surface area contributed by atoms with Gasteiger partial charge in [-0.1, -0.05) is 0 Å². The third-order valence-electron chi connectivity index (χ3n) is 3.76. The molecule has 2 unspecified atom stereocenters. The molecule has 1 aliphatic rings. The number of esters is 1. The predicted molar refractivity (Wildman–Crippen MR) is 75.0 cm³/mol. The number of aliphatic hydroxyl groups excluding tert-OH is 1. The number of hydrogen-bond acceptors (Lipinski definition) is 6. The number of hydrogen-bond donors (Lipinski definition) is 1. The van der Waals surface area contributed by atoms with Crippen LogP contribution in [-0.2, 0) is 14.3 Å². The minimum absolute atomic E-state index is 0.237. The SMILES string of the molecule is CC(SC(C)C(=O)OCC1CCC(CO)CC1)C(=O)[O-]. The fourth-order valence-electron chi connectivity index (χ4n) is 2.32. The van der Waals surface area contributed by atoms with E-state index >= 15 is 0 Å². The van der Waals surface area contributed by atoms with E-state index in [1.54, 1.807) is 6.92 Å². The Morgan fingerprint density at radius 2 is 1.75 bits per heavy atom. The molecule has 1 N–H and O–H groups in total. The molecule has 0 bridgehead atoms. The molecule has 1 rings (SSSR count). The number of carboxylic acids is 1. The molecule has 0 aromatic heterocycles. The molecule has 0 radical (unpaired) electrons. The zero-order valence-electron chi connectivity index (χ0n) is 12.0. The van der Waals surface area contributed by atoms with Crippen LogP contribution in [-0.4, -0.2) is 40.8 Å². The van der Waals surface area contributed by atoms with Gasteiger partial charge in [-0.2, -0.15) is 0 Å². The predicted octanol–water partition coefficient (Wildman–Crippen LogP) is 0.588. The standard InChI is InChI=1S/C14H24O5S/c1-9(13(16)17)20-10(2)14(18)19-8-12-5-3-11(7-15)4-6-12/h9-12,15H,3-8H2,1-2H3,(H,16,17)/p-1. The Hall–Kier alpha value is -0.750. The molecule has 6 heteroatoms. The number of aliphatic carboxylic acids is 1. The smallest absolute Gasteiger partial charge is 0.318 e. The molecular formula is C14H23O5S-. The average molecular weight is 303 g/mol. The van der Waals surface area contributed by atoms with Gasteiger partial charge in [-0.15, -0.1) is 11.8 Å². The lowest BCUT2D eigenvalue weighted by atomic mass is 9.83. The van der Waals surface area contributed by atoms with Gasteiger partial charge in [0.2, 0.25) is 0 Å². The van der Waals surface area contributed by atoms with E-state index < -0.39 is 16.5 Å². The van der Waals surface area contributed by atoms with Crippen molar-refractivity contribution in [3.8, 4) is 0 Å². The summed E-state index contributed by atoms with van der Waals surface area (Å²) < 4.78 is 5.26. The summed E-state index contributed by atoms with van der Waals surface area (Å²) in [4.78, 5) is 22.4. The van der Waals surface area contributed by atoms with Gasteiger partial charge in [-0.3, -0.25) is 4.79 Å². The summed E-state index contributed by atoms with van der Waals surface area (Å²) in [6.45, 7) is 3.78. The van der Waals surface area contributed by atoms with Crippen molar-refractivity contribution in [1.29, 1.82) is 0 Å². The maximum absolute atomic E-state index is 11.8. The van der Waals surface area contributed by atoms with Crippen molar-refractivity contribution in [2.24, 2.45) is 11.8 Å². The summed E-state index contributed by atoms with van der Waals surface area (Å²) >= 11 is 1.04. The van der Waals surface area contributed by atoms with Crippen molar-refractivity contribution in [3.05, 3.63) is 0 Å². The number of aliphatic hydroxyl groups is 1. The topological polar surface area (TPSA) is 86.7 Å². The highest BCUT2D eigenvalue weighted by Crippen LogP contribution is 2.29. The van der Waals surface area contributed by atoms with Gasteiger partial charge in [-0.05, 0) is 51.4 Å². The van der Waals surface area contributed by atoms with Crippen LogP contribution in [0.5, 0.6) is 0 Å². The number of carbonyl (C=O) groups excluding carboxylic acids is 2. The van der Waals surface area contributed by atoms with Gasteiger partial charge in [0.05, 0.1) is 12.6 Å². The number of ether oxygens (including phenoxy) is 1. The van der Waals surface area contributed by atoms with E-state index in [1.165, 1.54) is 6.92 Å². The highest BCUT2D eigenvalue weighted by molar-refractivity contribution is 8.01. The number of carboxylic acid groups (broad SMARTS) is 1. The molecule has 116 valence electrons. The van der Waals surface area contributed by atoms with Crippen LogP contribution in [0.4, 0.5) is 0 Å². The first-order valence-corrected chi connectivity index (χ1v) is 8.02. The second-order valence-corrected chi connectivity index (χ2v) is 7.13. The fourth-order valence-corrected chi connectivity index (χ4v) is 3.22. The van der Waals surface area contributed by atoms with E-state index in [1.807, 2.05) is 0 Å². The van der Waals surface area contributed by atoms with Crippen molar-refractivity contribution < 1.29 is 24.5 Å². The van der Waals surface area contributed by atoms with Gasteiger partial charge in [0.1, 0.15) is 5.25 Å². The van der Waals surface area contributed by atoms with E-state index in [4.69, 9.17) is 9.84 Å². The van der Waals surface area contributed by atoms with E-state index in [2.05, 4.69) is 0 Å². The zero-order chi connectivity index (χ0) is 15.1. The van der Waals surface area contributed by atoms with Crippen LogP contribution in [0.3, 0.4) is 0 Å². The lowest BCUT2D eigenvalue weighted by Crippen LogP contribution is -2.34. The second-order valence-electron chi connectivity index (χ2n) is 5.44. The third-order valence-corrected chi connectivity index (χ3v) is 4.96. The Kier molecular flexibility index (Phi) is 7.37. The summed E-state index contributed by atoms with van der Waals surface area (Å²) in [5, 5.41) is 18.4. The Balaban J connectivity index is 2.24. The minimum Gasteiger partial charge on any atom is -0.549 e. The van der Waals surface area contributed by atoms with Gasteiger partial charge >= 0.3 is 5.97 Å². The molecule has 0 aromatic rings. The average Bonchev–Trinajstić information content (AvgIpc) is 2.44. The first-order chi connectivity index (χ1) is 9.43. The molecule has 1 aliphatic carbocycles. The van der Waals surface area contributed by atoms with E-state index in [9.17, 15) is 14.7 Å². The van der Waals surface area contributed by atoms with Crippen LogP contribution < -0.4 is 5.11 Å². The Morgan fingerprint density at radius 3 is 2.25 bits per heavy atom. The largest absolute Gasteiger partial charge is 0.549 e. The molecule has 2 atom stereocenters. The fraction of sp³-hybridized carbons (Fsp3) is 0.857. The van der Waals surface area contributed by atoms with Crippen LogP contribution in [0, 0.1) is 11.8 Å². The molecule has 0 saturated heterocycles. The first kappa shape index (κ1) is 17.3. The minimum atomic E-state index is -1.17. The summed E-state index contributed by atoms with van der Waals surface area (Å²) in [6, 6.07) is 0. The lowest BCUT2D eigenvalue weighted by molar-refractivity contribution is -0.304. The molecule has 1 saturated carbocycles. The summed E-state index contributed by atoms with van der Waals surface area (Å²) in [6.07, 6.45) is 3.89. The van der Waals surface area contributed by atoms with E-state index in [0.29, 0.717) is 18.4 Å². The Labute approximate surface area is 124 Å². The monoisotopic (exact) mass is 303 g/mol. The molecule has 0 spiro atoms. The van der Waals surface area contributed by atoms with Crippen molar-refractivity contribution in [2.45, 2.75) is 50.0 Å². The summed E-state index contributed by atoms with van der Waals surface area (Å²) in [7, 11) is 0. The van der Waals surface area contributed by atoms with Gasteiger partial charge in [-0.25, -0.2) is 0 Å². The number of carbonyl (C=O) groups is 2. The molecule has 0 heterocycles. The molecule has 20 heavy (non-hydrogen) atoms. The third kappa shape index (κ3) is 5.71. The van der Waals surface area contributed by atoms with E-state index in [0.717, 1.165) is 37.4 Å². The molecule has 0 aromatic carbocycles. The number of thioether (sulfide) groups is 1. The van der Waals surface area contributed by atoms with Crippen molar-refractivity contribution in [2.75, 3.05) is 13.2 Å². The quantitative estimate of drug-likeness (QED) is 0.693.